The van der Waals surface area contributed by atoms with Crippen molar-refractivity contribution in [2.75, 3.05) is 20.1 Å². The zero-order valence-electron chi connectivity index (χ0n) is 14.6. The van der Waals surface area contributed by atoms with Crippen LogP contribution >= 0.6 is 12.2 Å². The average molecular weight is 348 g/mol. The van der Waals surface area contributed by atoms with Gasteiger partial charge in [0, 0.05) is 20.0 Å². The van der Waals surface area contributed by atoms with Gasteiger partial charge in [-0.1, -0.05) is 37.3 Å². The lowest BCUT2D eigenvalue weighted by Crippen LogP contribution is -3.09. The van der Waals surface area contributed by atoms with Gasteiger partial charge < -0.3 is 14.8 Å². The summed E-state index contributed by atoms with van der Waals surface area (Å²) in [6, 6.07) is 10.2. The van der Waals surface area contributed by atoms with Crippen molar-refractivity contribution in [3.05, 3.63) is 46.5 Å². The van der Waals surface area contributed by atoms with Gasteiger partial charge in [0.1, 0.15) is 5.82 Å². The molecule has 0 radical (unpaired) electrons. The smallest absolute Gasteiger partial charge is 0.275 e. The van der Waals surface area contributed by atoms with E-state index in [2.05, 4.69) is 22.5 Å². The lowest BCUT2D eigenvalue weighted by atomic mass is 10.1. The van der Waals surface area contributed by atoms with Crippen molar-refractivity contribution in [1.82, 2.24) is 19.7 Å². The van der Waals surface area contributed by atoms with Crippen LogP contribution < -0.4 is 10.2 Å². The number of hydrogen-bond acceptors (Lipinski definition) is 3. The van der Waals surface area contributed by atoms with Crippen LogP contribution in [0, 0.1) is 4.77 Å². The topological polar surface area (TPSA) is 56.3 Å². The fourth-order valence-corrected chi connectivity index (χ4v) is 2.69. The van der Waals surface area contributed by atoms with Crippen LogP contribution in [0.1, 0.15) is 24.7 Å². The molecule has 0 aliphatic heterocycles. The van der Waals surface area contributed by atoms with Crippen LogP contribution in [-0.2, 0) is 24.9 Å². The number of likely N-dealkylation sites (N-methyl/N-ethyl adjacent to an activating group) is 1. The summed E-state index contributed by atoms with van der Waals surface area (Å²) >= 11 is 5.48. The summed E-state index contributed by atoms with van der Waals surface area (Å²) in [6.45, 7) is 3.74. The minimum Gasteiger partial charge on any atom is -0.351 e. The molecule has 130 valence electrons. The van der Waals surface area contributed by atoms with E-state index in [0.29, 0.717) is 18.0 Å². The highest BCUT2D eigenvalue weighted by molar-refractivity contribution is 7.71. The number of amides is 1. The molecule has 2 aromatic rings. The summed E-state index contributed by atoms with van der Waals surface area (Å²) in [6.07, 6.45) is 1.68. The van der Waals surface area contributed by atoms with Crippen LogP contribution in [0.15, 0.2) is 30.3 Å². The molecule has 2 rings (SSSR count). The largest absolute Gasteiger partial charge is 0.351 e. The van der Waals surface area contributed by atoms with E-state index in [1.54, 1.807) is 4.68 Å². The monoisotopic (exact) mass is 348 g/mol. The molecule has 2 N–H and O–H groups in total. The average Bonchev–Trinajstić information content (AvgIpc) is 2.82. The van der Waals surface area contributed by atoms with E-state index in [1.807, 2.05) is 43.8 Å². The van der Waals surface area contributed by atoms with Gasteiger partial charge in [0.05, 0.1) is 7.05 Å². The molecule has 1 aromatic heterocycles. The zero-order valence-corrected chi connectivity index (χ0v) is 15.4. The molecule has 1 atom stereocenters. The quantitative estimate of drug-likeness (QED) is 0.685. The second-order valence-corrected chi connectivity index (χ2v) is 6.43. The van der Waals surface area contributed by atoms with E-state index in [-0.39, 0.29) is 5.91 Å². The second kappa shape index (κ2) is 8.75. The third-order valence-electron chi connectivity index (χ3n) is 3.79. The first-order valence-corrected chi connectivity index (χ1v) is 8.66. The summed E-state index contributed by atoms with van der Waals surface area (Å²) in [5.74, 6) is 0.982. The Morgan fingerprint density at radius 2 is 2.04 bits per heavy atom. The molecule has 1 amide bonds. The Kier molecular flexibility index (Phi) is 6.69. The maximum Gasteiger partial charge on any atom is 0.275 e. The Morgan fingerprint density at radius 3 is 2.71 bits per heavy atom. The number of rotatable bonds is 8. The molecule has 0 fully saturated rings. The van der Waals surface area contributed by atoms with Gasteiger partial charge >= 0.3 is 0 Å². The van der Waals surface area contributed by atoms with Crippen molar-refractivity contribution in [3.63, 3.8) is 0 Å². The standard InChI is InChI=1S/C17H25N5OS/c1-4-10-18-16(23)12-20(2)13-22-17(24)21(3)15(19-22)11-14-8-6-5-7-9-14/h5-9H,4,10-13H2,1-3H3,(H,18,23)/p+1. The predicted octanol–water partition coefficient (Wildman–Crippen LogP) is 0.540. The van der Waals surface area contributed by atoms with Gasteiger partial charge in [-0.15, -0.1) is 0 Å². The van der Waals surface area contributed by atoms with Crippen LogP contribution in [0.2, 0.25) is 0 Å². The molecule has 1 unspecified atom stereocenters. The van der Waals surface area contributed by atoms with Gasteiger partial charge in [0.2, 0.25) is 4.77 Å². The lowest BCUT2D eigenvalue weighted by Gasteiger charge is -2.13. The van der Waals surface area contributed by atoms with Gasteiger partial charge in [-0.05, 0) is 24.2 Å². The zero-order chi connectivity index (χ0) is 17.5. The summed E-state index contributed by atoms with van der Waals surface area (Å²) in [5, 5.41) is 7.53. The molecule has 0 spiro atoms. The lowest BCUT2D eigenvalue weighted by molar-refractivity contribution is -0.895. The first kappa shape index (κ1) is 18.4. The predicted molar refractivity (Wildman–Crippen MR) is 96.3 cm³/mol. The number of nitrogens with one attached hydrogen (secondary N) is 2. The van der Waals surface area contributed by atoms with Gasteiger partial charge in [-0.3, -0.25) is 4.79 Å². The summed E-state index contributed by atoms with van der Waals surface area (Å²) in [4.78, 5) is 12.9. The Bertz CT molecular complexity index is 722. The summed E-state index contributed by atoms with van der Waals surface area (Å²) < 4.78 is 4.41. The summed E-state index contributed by atoms with van der Waals surface area (Å²) in [5.41, 5.74) is 1.20. The Balaban J connectivity index is 2.02. The highest BCUT2D eigenvalue weighted by Crippen LogP contribution is 2.07. The van der Waals surface area contributed by atoms with Crippen molar-refractivity contribution in [2.24, 2.45) is 7.05 Å². The Labute approximate surface area is 148 Å². The number of carbonyl (C=O) groups is 1. The van der Waals surface area contributed by atoms with Crippen molar-refractivity contribution in [1.29, 1.82) is 0 Å². The van der Waals surface area contributed by atoms with Gasteiger partial charge in [0.15, 0.2) is 13.2 Å². The van der Waals surface area contributed by atoms with E-state index in [0.717, 1.165) is 30.1 Å². The maximum atomic E-state index is 11.8. The van der Waals surface area contributed by atoms with Crippen LogP contribution in [0.25, 0.3) is 0 Å². The normalized spacial score (nSPS) is 12.1. The van der Waals surface area contributed by atoms with E-state index in [1.165, 1.54) is 5.56 Å². The van der Waals surface area contributed by atoms with Crippen molar-refractivity contribution < 1.29 is 9.69 Å². The van der Waals surface area contributed by atoms with Gasteiger partial charge in [0.25, 0.3) is 5.91 Å². The van der Waals surface area contributed by atoms with E-state index in [9.17, 15) is 4.79 Å². The number of benzene rings is 1. The third kappa shape index (κ3) is 5.01. The fraction of sp³-hybridized carbons (Fsp3) is 0.471. The highest BCUT2D eigenvalue weighted by atomic mass is 32.1. The van der Waals surface area contributed by atoms with Crippen molar-refractivity contribution in [3.8, 4) is 0 Å². The molecule has 0 bridgehead atoms. The minimum absolute atomic E-state index is 0.0568. The van der Waals surface area contributed by atoms with Crippen molar-refractivity contribution in [2.45, 2.75) is 26.4 Å². The van der Waals surface area contributed by atoms with Crippen LogP contribution in [-0.4, -0.2) is 40.4 Å². The number of carbonyl (C=O) groups excluding carboxylic acids is 1. The van der Waals surface area contributed by atoms with Crippen LogP contribution in [0.4, 0.5) is 0 Å². The van der Waals surface area contributed by atoms with E-state index in [4.69, 9.17) is 12.2 Å². The van der Waals surface area contributed by atoms with Gasteiger partial charge in [-0.2, -0.15) is 9.78 Å². The molecule has 0 saturated heterocycles. The molecule has 1 aromatic carbocycles. The fourth-order valence-electron chi connectivity index (χ4n) is 2.48. The Hall–Kier alpha value is -1.99. The SMILES string of the molecule is CCCNC(=O)C[NH+](C)Cn1nc(Cc2ccccc2)n(C)c1=S. The highest BCUT2D eigenvalue weighted by Gasteiger charge is 2.14. The molecule has 0 aliphatic carbocycles. The van der Waals surface area contributed by atoms with Gasteiger partial charge in [-0.25, -0.2) is 0 Å². The number of quaternary nitrogens is 1. The van der Waals surface area contributed by atoms with Crippen LogP contribution in [0.5, 0.6) is 0 Å². The number of aromatic nitrogens is 3. The second-order valence-electron chi connectivity index (χ2n) is 6.06. The van der Waals surface area contributed by atoms with Crippen LogP contribution in [0.3, 0.4) is 0 Å². The molecule has 7 heteroatoms. The first-order chi connectivity index (χ1) is 11.5. The van der Waals surface area contributed by atoms with E-state index < -0.39 is 0 Å². The van der Waals surface area contributed by atoms with Crippen molar-refractivity contribution >= 4 is 18.1 Å². The number of hydrogen-bond donors (Lipinski definition) is 2. The molecule has 0 aliphatic rings. The molecular weight excluding hydrogens is 322 g/mol. The molecule has 0 saturated carbocycles. The third-order valence-corrected chi connectivity index (χ3v) is 4.27. The number of nitrogens with zero attached hydrogens (tertiary/aromatic N) is 3. The van der Waals surface area contributed by atoms with E-state index >= 15 is 0 Å². The molecular formula is C17H26N5OS+. The molecule has 1 heterocycles. The first-order valence-electron chi connectivity index (χ1n) is 8.26. The summed E-state index contributed by atoms with van der Waals surface area (Å²) in [7, 11) is 3.91. The molecule has 24 heavy (non-hydrogen) atoms. The molecule has 6 nitrogen and oxygen atoms in total. The Morgan fingerprint density at radius 1 is 1.33 bits per heavy atom. The maximum absolute atomic E-state index is 11.8. The minimum atomic E-state index is 0.0568.